The van der Waals surface area contributed by atoms with Crippen LogP contribution >= 0.6 is 15.9 Å². The van der Waals surface area contributed by atoms with Gasteiger partial charge in [-0.25, -0.2) is 4.98 Å². The summed E-state index contributed by atoms with van der Waals surface area (Å²) in [5, 5.41) is 11.4. The van der Waals surface area contributed by atoms with Crippen molar-refractivity contribution in [2.24, 2.45) is 0 Å². The third-order valence-corrected chi connectivity index (χ3v) is 2.55. The second-order valence-electron chi connectivity index (χ2n) is 3.22. The van der Waals surface area contributed by atoms with Crippen LogP contribution in [-0.4, -0.2) is 28.6 Å². The van der Waals surface area contributed by atoms with Crippen LogP contribution in [0, 0.1) is 0 Å². The molecule has 82 valence electrons. The average Bonchev–Trinajstić information content (AvgIpc) is 2.18. The molecule has 2 N–H and O–H groups in total. The number of rotatable bonds is 4. The molecule has 0 aliphatic heterocycles. The zero-order valence-electron chi connectivity index (χ0n) is 8.40. The summed E-state index contributed by atoms with van der Waals surface area (Å²) in [6, 6.07) is 3.45. The number of aromatic nitrogens is 1. The summed E-state index contributed by atoms with van der Waals surface area (Å²) in [5.74, 6) is -0.233. The molecule has 0 spiro atoms. The minimum Gasteiger partial charge on any atom is -0.396 e. The molecule has 0 fully saturated rings. The maximum atomic E-state index is 11.7. The monoisotopic (exact) mass is 272 g/mol. The van der Waals surface area contributed by atoms with E-state index in [-0.39, 0.29) is 18.6 Å². The first-order chi connectivity index (χ1) is 7.15. The van der Waals surface area contributed by atoms with E-state index in [2.05, 4.69) is 26.2 Å². The van der Waals surface area contributed by atoms with Gasteiger partial charge >= 0.3 is 0 Å². The van der Waals surface area contributed by atoms with E-state index in [4.69, 9.17) is 5.11 Å². The highest BCUT2D eigenvalue weighted by atomic mass is 79.9. The number of aliphatic hydroxyl groups excluding tert-OH is 1. The largest absolute Gasteiger partial charge is 0.396 e. The van der Waals surface area contributed by atoms with E-state index in [0.29, 0.717) is 16.6 Å². The fraction of sp³-hybridized carbons (Fsp3) is 0.400. The predicted octanol–water partition coefficient (Wildman–Crippen LogP) is 1.34. The average molecular weight is 273 g/mol. The summed E-state index contributed by atoms with van der Waals surface area (Å²) in [4.78, 5) is 15.6. The fourth-order valence-corrected chi connectivity index (χ4v) is 1.55. The Hall–Kier alpha value is -0.940. The summed E-state index contributed by atoms with van der Waals surface area (Å²) >= 11 is 3.25. The Kier molecular flexibility index (Phi) is 4.71. The number of carbonyl (C=O) groups is 1. The molecule has 0 aliphatic rings. The van der Waals surface area contributed by atoms with Gasteiger partial charge in [-0.15, -0.1) is 0 Å². The van der Waals surface area contributed by atoms with Crippen molar-refractivity contribution in [2.45, 2.75) is 19.4 Å². The molecule has 1 aromatic heterocycles. The standard InChI is InChI=1S/C10H13BrN2O2/c1-7(4-6-14)13-10(15)9-8(11)3-2-5-12-9/h2-3,5,7,14H,4,6H2,1H3,(H,13,15). The molecule has 0 bridgehead atoms. The van der Waals surface area contributed by atoms with Gasteiger partial charge in [0.1, 0.15) is 5.69 Å². The van der Waals surface area contributed by atoms with Crippen molar-refractivity contribution in [3.05, 3.63) is 28.5 Å². The fourth-order valence-electron chi connectivity index (χ4n) is 1.11. The van der Waals surface area contributed by atoms with Crippen LogP contribution < -0.4 is 5.32 Å². The van der Waals surface area contributed by atoms with E-state index in [0.717, 1.165) is 0 Å². The molecule has 0 aromatic carbocycles. The number of pyridine rings is 1. The quantitative estimate of drug-likeness (QED) is 0.870. The topological polar surface area (TPSA) is 62.2 Å². The molecule has 1 atom stereocenters. The van der Waals surface area contributed by atoms with E-state index < -0.39 is 0 Å². The van der Waals surface area contributed by atoms with Crippen molar-refractivity contribution in [3.63, 3.8) is 0 Å². The molecule has 15 heavy (non-hydrogen) atoms. The predicted molar refractivity (Wildman–Crippen MR) is 60.6 cm³/mol. The van der Waals surface area contributed by atoms with Gasteiger partial charge in [-0.1, -0.05) is 0 Å². The van der Waals surface area contributed by atoms with Gasteiger partial charge in [-0.3, -0.25) is 4.79 Å². The zero-order valence-corrected chi connectivity index (χ0v) is 9.99. The van der Waals surface area contributed by atoms with Crippen molar-refractivity contribution >= 4 is 21.8 Å². The molecule has 1 rings (SSSR count). The lowest BCUT2D eigenvalue weighted by molar-refractivity contribution is 0.0928. The third kappa shape index (κ3) is 3.60. The van der Waals surface area contributed by atoms with Gasteiger partial charge in [-0.2, -0.15) is 0 Å². The minimum atomic E-state index is -0.233. The maximum Gasteiger partial charge on any atom is 0.271 e. The first kappa shape index (κ1) is 12.1. The van der Waals surface area contributed by atoms with Crippen LogP contribution in [0.15, 0.2) is 22.8 Å². The lowest BCUT2D eigenvalue weighted by Gasteiger charge is -2.12. The summed E-state index contributed by atoms with van der Waals surface area (Å²) in [5.41, 5.74) is 0.363. The van der Waals surface area contributed by atoms with Crippen LogP contribution in [0.2, 0.25) is 0 Å². The van der Waals surface area contributed by atoms with Gasteiger partial charge in [0.2, 0.25) is 0 Å². The minimum absolute atomic E-state index is 0.0589. The normalized spacial score (nSPS) is 12.2. The van der Waals surface area contributed by atoms with E-state index in [1.54, 1.807) is 18.3 Å². The maximum absolute atomic E-state index is 11.7. The first-order valence-electron chi connectivity index (χ1n) is 4.67. The van der Waals surface area contributed by atoms with Crippen LogP contribution in [0.1, 0.15) is 23.8 Å². The highest BCUT2D eigenvalue weighted by Crippen LogP contribution is 2.13. The van der Waals surface area contributed by atoms with Crippen LogP contribution in [0.4, 0.5) is 0 Å². The van der Waals surface area contributed by atoms with Gasteiger partial charge in [0, 0.05) is 23.3 Å². The van der Waals surface area contributed by atoms with Crippen LogP contribution in [0.3, 0.4) is 0 Å². The number of hydrogen-bond acceptors (Lipinski definition) is 3. The Morgan fingerprint density at radius 2 is 2.47 bits per heavy atom. The van der Waals surface area contributed by atoms with Gasteiger partial charge in [0.25, 0.3) is 5.91 Å². The molecule has 1 aromatic rings. The van der Waals surface area contributed by atoms with E-state index in [9.17, 15) is 4.79 Å². The molecular formula is C10H13BrN2O2. The number of carbonyl (C=O) groups excluding carboxylic acids is 1. The van der Waals surface area contributed by atoms with Gasteiger partial charge in [0.05, 0.1) is 0 Å². The molecule has 1 unspecified atom stereocenters. The summed E-state index contributed by atoms with van der Waals surface area (Å²) < 4.78 is 0.665. The summed E-state index contributed by atoms with van der Waals surface area (Å²) in [7, 11) is 0. The number of nitrogens with zero attached hydrogens (tertiary/aromatic N) is 1. The van der Waals surface area contributed by atoms with E-state index in [1.807, 2.05) is 6.92 Å². The summed E-state index contributed by atoms with van der Waals surface area (Å²) in [6.07, 6.45) is 2.10. The van der Waals surface area contributed by atoms with Gasteiger partial charge in [-0.05, 0) is 41.4 Å². The Morgan fingerprint density at radius 3 is 3.07 bits per heavy atom. The number of halogens is 1. The van der Waals surface area contributed by atoms with Gasteiger partial charge in [0.15, 0.2) is 0 Å². The number of nitrogens with one attached hydrogen (secondary N) is 1. The molecular weight excluding hydrogens is 260 g/mol. The Labute approximate surface area is 96.8 Å². The van der Waals surface area contributed by atoms with Crippen molar-refractivity contribution < 1.29 is 9.90 Å². The van der Waals surface area contributed by atoms with Crippen molar-refractivity contribution in [3.8, 4) is 0 Å². The third-order valence-electron chi connectivity index (χ3n) is 1.91. The smallest absolute Gasteiger partial charge is 0.271 e. The highest BCUT2D eigenvalue weighted by molar-refractivity contribution is 9.10. The molecule has 0 saturated carbocycles. The highest BCUT2D eigenvalue weighted by Gasteiger charge is 2.13. The van der Waals surface area contributed by atoms with Crippen molar-refractivity contribution in [1.82, 2.24) is 10.3 Å². The van der Waals surface area contributed by atoms with Crippen LogP contribution in [0.25, 0.3) is 0 Å². The molecule has 1 amide bonds. The summed E-state index contributed by atoms with van der Waals surface area (Å²) in [6.45, 7) is 1.90. The Balaban J connectivity index is 2.65. The number of amides is 1. The molecule has 0 saturated heterocycles. The molecule has 5 heteroatoms. The van der Waals surface area contributed by atoms with Crippen molar-refractivity contribution in [1.29, 1.82) is 0 Å². The first-order valence-corrected chi connectivity index (χ1v) is 5.46. The van der Waals surface area contributed by atoms with Crippen molar-refractivity contribution in [2.75, 3.05) is 6.61 Å². The lowest BCUT2D eigenvalue weighted by Crippen LogP contribution is -2.33. The second-order valence-corrected chi connectivity index (χ2v) is 4.07. The number of hydrogen-bond donors (Lipinski definition) is 2. The lowest BCUT2D eigenvalue weighted by atomic mass is 10.2. The van der Waals surface area contributed by atoms with Crippen LogP contribution in [0.5, 0.6) is 0 Å². The Morgan fingerprint density at radius 1 is 1.73 bits per heavy atom. The Bertz CT molecular complexity index is 344. The molecule has 0 radical (unpaired) electrons. The van der Waals surface area contributed by atoms with E-state index >= 15 is 0 Å². The second kappa shape index (κ2) is 5.82. The molecule has 0 aliphatic carbocycles. The molecule has 4 nitrogen and oxygen atoms in total. The number of aliphatic hydroxyl groups is 1. The zero-order chi connectivity index (χ0) is 11.3. The van der Waals surface area contributed by atoms with Gasteiger partial charge < -0.3 is 10.4 Å². The molecule has 1 heterocycles. The van der Waals surface area contributed by atoms with E-state index in [1.165, 1.54) is 0 Å². The SMILES string of the molecule is CC(CCO)NC(=O)c1ncccc1Br. The van der Waals surface area contributed by atoms with Crippen LogP contribution in [-0.2, 0) is 0 Å².